The molecule has 0 atom stereocenters. The number of benzene rings is 1. The average molecular weight is 381 g/mol. The number of hydrogen-bond donors (Lipinski definition) is 2. The third-order valence-corrected chi connectivity index (χ3v) is 5.22. The van der Waals surface area contributed by atoms with E-state index in [1.807, 2.05) is 34.5 Å². The Labute approximate surface area is 160 Å². The Kier molecular flexibility index (Phi) is 4.99. The largest absolute Gasteiger partial charge is 0.397 e. The summed E-state index contributed by atoms with van der Waals surface area (Å²) in [4.78, 5) is 24.4. The molecule has 2 aromatic heterocycles. The summed E-state index contributed by atoms with van der Waals surface area (Å²) in [6.07, 6.45) is 3.07. The van der Waals surface area contributed by atoms with Crippen LogP contribution >= 0.6 is 11.3 Å². The van der Waals surface area contributed by atoms with Crippen molar-refractivity contribution in [1.82, 2.24) is 9.97 Å². The molecule has 1 amide bonds. The van der Waals surface area contributed by atoms with Gasteiger partial charge in [0.05, 0.1) is 30.2 Å². The summed E-state index contributed by atoms with van der Waals surface area (Å²) < 4.78 is 5.32. The first-order valence-corrected chi connectivity index (χ1v) is 9.48. The van der Waals surface area contributed by atoms with E-state index in [2.05, 4.69) is 15.3 Å². The topological polar surface area (TPSA) is 93.4 Å². The SMILES string of the molecule is Nc1ccc(-c2cccs2)cc1NC(=O)c1cnc(N2CCOCC2)nc1. The van der Waals surface area contributed by atoms with Crippen molar-refractivity contribution in [3.8, 4) is 10.4 Å². The van der Waals surface area contributed by atoms with E-state index in [1.165, 1.54) is 12.4 Å². The lowest BCUT2D eigenvalue weighted by Crippen LogP contribution is -2.37. The van der Waals surface area contributed by atoms with Crippen molar-refractivity contribution in [3.05, 3.63) is 53.7 Å². The lowest BCUT2D eigenvalue weighted by atomic mass is 10.1. The lowest BCUT2D eigenvalue weighted by Gasteiger charge is -2.26. The quantitative estimate of drug-likeness (QED) is 0.675. The number of nitrogen functional groups attached to an aromatic ring is 1. The van der Waals surface area contributed by atoms with Gasteiger partial charge in [0.1, 0.15) is 0 Å². The second kappa shape index (κ2) is 7.73. The van der Waals surface area contributed by atoms with Crippen LogP contribution in [0.25, 0.3) is 10.4 Å². The Hall–Kier alpha value is -2.97. The molecule has 1 aliphatic rings. The molecule has 0 bridgehead atoms. The third-order valence-electron chi connectivity index (χ3n) is 4.30. The van der Waals surface area contributed by atoms with Crippen LogP contribution < -0.4 is 16.0 Å². The Balaban J connectivity index is 1.49. The highest BCUT2D eigenvalue weighted by Crippen LogP contribution is 2.30. The third kappa shape index (κ3) is 3.91. The van der Waals surface area contributed by atoms with Crippen LogP contribution in [0.4, 0.5) is 17.3 Å². The second-order valence-electron chi connectivity index (χ2n) is 6.10. The summed E-state index contributed by atoms with van der Waals surface area (Å²) >= 11 is 1.63. The molecule has 7 nitrogen and oxygen atoms in total. The van der Waals surface area contributed by atoms with Crippen molar-refractivity contribution < 1.29 is 9.53 Å². The first-order valence-electron chi connectivity index (χ1n) is 8.60. The minimum Gasteiger partial charge on any atom is -0.397 e. The van der Waals surface area contributed by atoms with Crippen molar-refractivity contribution in [2.24, 2.45) is 0 Å². The van der Waals surface area contributed by atoms with Gasteiger partial charge in [0.25, 0.3) is 5.91 Å². The fourth-order valence-corrected chi connectivity index (χ4v) is 3.54. The van der Waals surface area contributed by atoms with Gasteiger partial charge in [-0.1, -0.05) is 12.1 Å². The zero-order valence-electron chi connectivity index (χ0n) is 14.6. The van der Waals surface area contributed by atoms with E-state index in [9.17, 15) is 4.79 Å². The van der Waals surface area contributed by atoms with Gasteiger partial charge in [0.15, 0.2) is 0 Å². The molecule has 8 heteroatoms. The van der Waals surface area contributed by atoms with Gasteiger partial charge < -0.3 is 20.7 Å². The molecule has 1 fully saturated rings. The predicted octanol–water partition coefficient (Wildman–Crippen LogP) is 2.88. The molecule has 0 unspecified atom stereocenters. The maximum atomic E-state index is 12.6. The first kappa shape index (κ1) is 17.4. The van der Waals surface area contributed by atoms with Crippen LogP contribution in [0.3, 0.4) is 0 Å². The van der Waals surface area contributed by atoms with Gasteiger partial charge in [-0.05, 0) is 29.1 Å². The number of nitrogens with two attached hydrogens (primary N) is 1. The molecule has 1 aliphatic heterocycles. The summed E-state index contributed by atoms with van der Waals surface area (Å²) in [6.45, 7) is 2.81. The number of rotatable bonds is 4. The number of ether oxygens (including phenoxy) is 1. The maximum Gasteiger partial charge on any atom is 0.258 e. The highest BCUT2D eigenvalue weighted by atomic mass is 32.1. The highest BCUT2D eigenvalue weighted by molar-refractivity contribution is 7.13. The Morgan fingerprint density at radius 1 is 1.19 bits per heavy atom. The lowest BCUT2D eigenvalue weighted by molar-refractivity contribution is 0.102. The fraction of sp³-hybridized carbons (Fsp3) is 0.211. The molecule has 0 radical (unpaired) electrons. The molecular formula is C19H19N5O2S. The number of hydrogen-bond acceptors (Lipinski definition) is 7. The van der Waals surface area contributed by atoms with Gasteiger partial charge in [0, 0.05) is 30.4 Å². The van der Waals surface area contributed by atoms with E-state index in [1.54, 1.807) is 17.4 Å². The fourth-order valence-electron chi connectivity index (χ4n) is 2.82. The van der Waals surface area contributed by atoms with Crippen molar-refractivity contribution in [2.75, 3.05) is 42.3 Å². The first-order chi connectivity index (χ1) is 13.2. The zero-order valence-corrected chi connectivity index (χ0v) is 15.4. The van der Waals surface area contributed by atoms with Gasteiger partial charge in [-0.3, -0.25) is 4.79 Å². The number of amides is 1. The molecule has 27 heavy (non-hydrogen) atoms. The number of aromatic nitrogens is 2. The van der Waals surface area contributed by atoms with Crippen molar-refractivity contribution in [2.45, 2.75) is 0 Å². The number of anilines is 3. The molecule has 1 aromatic carbocycles. The van der Waals surface area contributed by atoms with Gasteiger partial charge in [-0.25, -0.2) is 9.97 Å². The van der Waals surface area contributed by atoms with E-state index in [-0.39, 0.29) is 5.91 Å². The molecule has 3 aromatic rings. The minimum absolute atomic E-state index is 0.293. The monoisotopic (exact) mass is 381 g/mol. The summed E-state index contributed by atoms with van der Waals surface area (Å²) in [5.74, 6) is 0.313. The summed E-state index contributed by atoms with van der Waals surface area (Å²) in [6, 6.07) is 9.63. The van der Waals surface area contributed by atoms with E-state index in [4.69, 9.17) is 10.5 Å². The Morgan fingerprint density at radius 3 is 2.67 bits per heavy atom. The van der Waals surface area contributed by atoms with Crippen LogP contribution in [0.1, 0.15) is 10.4 Å². The summed E-state index contributed by atoms with van der Waals surface area (Å²) in [5.41, 5.74) is 8.50. The van der Waals surface area contributed by atoms with Crippen LogP contribution in [-0.2, 0) is 4.74 Å². The standard InChI is InChI=1S/C19H19N5O2S/c20-15-4-3-13(17-2-1-9-27-17)10-16(15)23-18(25)14-11-21-19(22-12-14)24-5-7-26-8-6-24/h1-4,9-12H,5-8,20H2,(H,23,25). The molecule has 4 rings (SSSR count). The van der Waals surface area contributed by atoms with Gasteiger partial charge in [-0.15, -0.1) is 11.3 Å². The Morgan fingerprint density at radius 2 is 1.96 bits per heavy atom. The number of nitrogens with one attached hydrogen (secondary N) is 1. The van der Waals surface area contributed by atoms with E-state index >= 15 is 0 Å². The molecule has 0 aliphatic carbocycles. The van der Waals surface area contributed by atoms with Gasteiger partial charge in [0.2, 0.25) is 5.95 Å². The molecule has 3 N–H and O–H groups in total. The van der Waals surface area contributed by atoms with Crippen LogP contribution in [0.15, 0.2) is 48.1 Å². The maximum absolute atomic E-state index is 12.6. The van der Waals surface area contributed by atoms with Crippen LogP contribution in [0, 0.1) is 0 Å². The number of morpholine rings is 1. The van der Waals surface area contributed by atoms with Crippen molar-refractivity contribution in [1.29, 1.82) is 0 Å². The molecule has 3 heterocycles. The molecule has 0 spiro atoms. The number of carbonyl (C=O) groups is 1. The van der Waals surface area contributed by atoms with Gasteiger partial charge >= 0.3 is 0 Å². The van der Waals surface area contributed by atoms with Crippen molar-refractivity contribution >= 4 is 34.6 Å². The van der Waals surface area contributed by atoms with Gasteiger partial charge in [-0.2, -0.15) is 0 Å². The number of thiophene rings is 1. The summed E-state index contributed by atoms with van der Waals surface area (Å²) in [7, 11) is 0. The average Bonchev–Trinajstić information content (AvgIpc) is 3.25. The second-order valence-corrected chi connectivity index (χ2v) is 7.05. The van der Waals surface area contributed by atoms with Crippen molar-refractivity contribution in [3.63, 3.8) is 0 Å². The van der Waals surface area contributed by atoms with E-state index < -0.39 is 0 Å². The smallest absolute Gasteiger partial charge is 0.258 e. The normalized spacial score (nSPS) is 14.1. The molecular weight excluding hydrogens is 362 g/mol. The van der Waals surface area contributed by atoms with E-state index in [0.717, 1.165) is 23.5 Å². The summed E-state index contributed by atoms with van der Waals surface area (Å²) in [5, 5.41) is 4.87. The van der Waals surface area contributed by atoms with Crippen LogP contribution in [0.5, 0.6) is 0 Å². The molecule has 1 saturated heterocycles. The Bertz CT molecular complexity index is 922. The molecule has 0 saturated carbocycles. The number of carbonyl (C=O) groups excluding carboxylic acids is 1. The molecule has 138 valence electrons. The zero-order chi connectivity index (χ0) is 18.6. The minimum atomic E-state index is -0.293. The predicted molar refractivity (Wildman–Crippen MR) is 107 cm³/mol. The highest BCUT2D eigenvalue weighted by Gasteiger charge is 2.15. The van der Waals surface area contributed by atoms with E-state index in [0.29, 0.717) is 36.1 Å². The van der Waals surface area contributed by atoms with Crippen LogP contribution in [-0.4, -0.2) is 42.2 Å². The number of nitrogens with zero attached hydrogens (tertiary/aromatic N) is 3. The van der Waals surface area contributed by atoms with Crippen LogP contribution in [0.2, 0.25) is 0 Å².